The maximum absolute atomic E-state index is 11.9. The molecule has 0 atom stereocenters. The summed E-state index contributed by atoms with van der Waals surface area (Å²) in [4.78, 5) is 25.3. The Kier molecular flexibility index (Phi) is 5.63. The number of likely N-dealkylation sites (tertiary alicyclic amines) is 1. The average Bonchev–Trinajstić information content (AvgIpc) is 2.52. The van der Waals surface area contributed by atoms with Crippen LogP contribution in [0.5, 0.6) is 0 Å². The van der Waals surface area contributed by atoms with Gasteiger partial charge in [0.05, 0.1) is 6.42 Å². The number of rotatable bonds is 3. The van der Waals surface area contributed by atoms with Crippen LogP contribution in [0.3, 0.4) is 0 Å². The van der Waals surface area contributed by atoms with Gasteiger partial charge >= 0.3 is 5.97 Å². The second-order valence-corrected chi connectivity index (χ2v) is 5.88. The lowest BCUT2D eigenvalue weighted by Gasteiger charge is -2.21. The van der Waals surface area contributed by atoms with Gasteiger partial charge in [-0.1, -0.05) is 12.8 Å². The van der Waals surface area contributed by atoms with Crippen LogP contribution in [0.25, 0.3) is 0 Å². The van der Waals surface area contributed by atoms with Crippen molar-refractivity contribution in [3.8, 4) is 0 Å². The Hall–Kier alpha value is -1.06. The molecule has 1 heterocycles. The minimum Gasteiger partial charge on any atom is -0.460 e. The topological polar surface area (TPSA) is 46.6 Å². The predicted octanol–water partition coefficient (Wildman–Crippen LogP) is 2.51. The number of carbonyl (C=O) groups excluding carboxylic acids is 2. The monoisotopic (exact) mass is 255 g/mol. The van der Waals surface area contributed by atoms with Crippen LogP contribution in [0.4, 0.5) is 0 Å². The molecule has 0 aromatic heterocycles. The van der Waals surface area contributed by atoms with Crippen molar-refractivity contribution in [1.29, 1.82) is 0 Å². The zero-order chi connectivity index (χ0) is 13.6. The Morgan fingerprint density at radius 2 is 1.56 bits per heavy atom. The summed E-state index contributed by atoms with van der Waals surface area (Å²) in [7, 11) is 0. The van der Waals surface area contributed by atoms with Crippen LogP contribution in [0.2, 0.25) is 0 Å². The van der Waals surface area contributed by atoms with Crippen molar-refractivity contribution in [1.82, 2.24) is 4.90 Å². The molecule has 0 aromatic carbocycles. The Balaban J connectivity index is 2.29. The van der Waals surface area contributed by atoms with Crippen LogP contribution in [0, 0.1) is 0 Å². The number of amides is 1. The fourth-order valence-electron chi connectivity index (χ4n) is 2.08. The second kappa shape index (κ2) is 6.76. The molecule has 18 heavy (non-hydrogen) atoms. The lowest BCUT2D eigenvalue weighted by Crippen LogP contribution is -2.32. The van der Waals surface area contributed by atoms with E-state index < -0.39 is 5.60 Å². The van der Waals surface area contributed by atoms with E-state index in [0.29, 0.717) is 0 Å². The smallest absolute Gasteiger partial charge is 0.306 e. The molecule has 1 rings (SSSR count). The van der Waals surface area contributed by atoms with E-state index in [1.807, 2.05) is 25.7 Å². The Labute approximate surface area is 110 Å². The van der Waals surface area contributed by atoms with Gasteiger partial charge in [0, 0.05) is 19.5 Å². The molecular weight excluding hydrogens is 230 g/mol. The standard InChI is InChI=1S/C14H25NO3/c1-14(2,3)18-13(17)9-8-12(16)15-10-6-4-5-7-11-15/h4-11H2,1-3H3. The Morgan fingerprint density at radius 3 is 2.06 bits per heavy atom. The molecular formula is C14H25NO3. The Bertz CT molecular complexity index is 286. The maximum Gasteiger partial charge on any atom is 0.306 e. The molecule has 1 fully saturated rings. The maximum atomic E-state index is 11.9. The lowest BCUT2D eigenvalue weighted by molar-refractivity contribution is -0.156. The Morgan fingerprint density at radius 1 is 1.00 bits per heavy atom. The molecule has 1 aliphatic rings. The van der Waals surface area contributed by atoms with Gasteiger partial charge in [-0.05, 0) is 33.6 Å². The summed E-state index contributed by atoms with van der Waals surface area (Å²) in [5.74, 6) is -0.201. The first-order chi connectivity index (χ1) is 8.38. The molecule has 1 aliphatic heterocycles. The van der Waals surface area contributed by atoms with E-state index in [2.05, 4.69) is 0 Å². The van der Waals surface area contributed by atoms with Gasteiger partial charge in [0.1, 0.15) is 5.60 Å². The van der Waals surface area contributed by atoms with Crippen LogP contribution in [-0.2, 0) is 14.3 Å². The van der Waals surface area contributed by atoms with Gasteiger partial charge in [0.25, 0.3) is 0 Å². The minimum atomic E-state index is -0.470. The third-order valence-electron chi connectivity index (χ3n) is 2.92. The third-order valence-corrected chi connectivity index (χ3v) is 2.92. The van der Waals surface area contributed by atoms with Crippen molar-refractivity contribution in [2.45, 2.75) is 64.9 Å². The molecule has 4 nitrogen and oxygen atoms in total. The van der Waals surface area contributed by atoms with Crippen LogP contribution in [0.15, 0.2) is 0 Å². The minimum absolute atomic E-state index is 0.0859. The summed E-state index contributed by atoms with van der Waals surface area (Å²) >= 11 is 0. The zero-order valence-electron chi connectivity index (χ0n) is 11.8. The number of carbonyl (C=O) groups is 2. The highest BCUT2D eigenvalue weighted by molar-refractivity contribution is 5.81. The zero-order valence-corrected chi connectivity index (χ0v) is 11.8. The van der Waals surface area contributed by atoms with Gasteiger partial charge in [0.2, 0.25) is 5.91 Å². The molecule has 104 valence electrons. The highest BCUT2D eigenvalue weighted by Gasteiger charge is 2.19. The quantitative estimate of drug-likeness (QED) is 0.728. The second-order valence-electron chi connectivity index (χ2n) is 5.88. The number of hydrogen-bond acceptors (Lipinski definition) is 3. The largest absolute Gasteiger partial charge is 0.460 e. The molecule has 1 amide bonds. The van der Waals surface area contributed by atoms with Gasteiger partial charge in [-0.2, -0.15) is 0 Å². The van der Waals surface area contributed by atoms with E-state index in [9.17, 15) is 9.59 Å². The first-order valence-corrected chi connectivity index (χ1v) is 6.88. The molecule has 0 spiro atoms. The van der Waals surface area contributed by atoms with Gasteiger partial charge in [0.15, 0.2) is 0 Å². The van der Waals surface area contributed by atoms with Crippen LogP contribution in [0.1, 0.15) is 59.3 Å². The van der Waals surface area contributed by atoms with E-state index in [-0.39, 0.29) is 24.7 Å². The molecule has 0 N–H and O–H groups in total. The van der Waals surface area contributed by atoms with Crippen molar-refractivity contribution in [2.75, 3.05) is 13.1 Å². The van der Waals surface area contributed by atoms with Gasteiger partial charge in [-0.3, -0.25) is 9.59 Å². The van der Waals surface area contributed by atoms with Crippen LogP contribution < -0.4 is 0 Å². The number of nitrogens with zero attached hydrogens (tertiary/aromatic N) is 1. The van der Waals surface area contributed by atoms with E-state index >= 15 is 0 Å². The lowest BCUT2D eigenvalue weighted by atomic mass is 10.2. The fourth-order valence-corrected chi connectivity index (χ4v) is 2.08. The van der Waals surface area contributed by atoms with Crippen LogP contribution >= 0.6 is 0 Å². The van der Waals surface area contributed by atoms with Gasteiger partial charge in [-0.25, -0.2) is 0 Å². The van der Waals surface area contributed by atoms with E-state index in [0.717, 1.165) is 25.9 Å². The van der Waals surface area contributed by atoms with Gasteiger partial charge in [-0.15, -0.1) is 0 Å². The molecule has 0 aromatic rings. The van der Waals surface area contributed by atoms with Crippen molar-refractivity contribution in [3.63, 3.8) is 0 Å². The first-order valence-electron chi connectivity index (χ1n) is 6.88. The summed E-state index contributed by atoms with van der Waals surface area (Å²) in [5, 5.41) is 0. The normalized spacial score (nSPS) is 17.2. The molecule has 0 radical (unpaired) electrons. The summed E-state index contributed by atoms with van der Waals surface area (Å²) in [6, 6.07) is 0. The summed E-state index contributed by atoms with van der Waals surface area (Å²) in [6.07, 6.45) is 5.03. The van der Waals surface area contributed by atoms with Gasteiger partial charge < -0.3 is 9.64 Å². The average molecular weight is 255 g/mol. The molecule has 4 heteroatoms. The highest BCUT2D eigenvalue weighted by Crippen LogP contribution is 2.13. The van der Waals surface area contributed by atoms with E-state index in [1.54, 1.807) is 0 Å². The SMILES string of the molecule is CC(C)(C)OC(=O)CCC(=O)N1CCCCCC1. The number of hydrogen-bond donors (Lipinski definition) is 0. The molecule has 0 saturated carbocycles. The van der Waals surface area contributed by atoms with Crippen molar-refractivity contribution in [2.24, 2.45) is 0 Å². The molecule has 0 bridgehead atoms. The van der Waals surface area contributed by atoms with Crippen molar-refractivity contribution >= 4 is 11.9 Å². The first kappa shape index (κ1) is 15.0. The summed E-state index contributed by atoms with van der Waals surface area (Å²) in [6.45, 7) is 7.19. The fraction of sp³-hybridized carbons (Fsp3) is 0.857. The van der Waals surface area contributed by atoms with Crippen molar-refractivity contribution in [3.05, 3.63) is 0 Å². The van der Waals surface area contributed by atoms with E-state index in [1.165, 1.54) is 12.8 Å². The molecule has 1 saturated heterocycles. The highest BCUT2D eigenvalue weighted by atomic mass is 16.6. The van der Waals surface area contributed by atoms with Crippen molar-refractivity contribution < 1.29 is 14.3 Å². The third kappa shape index (κ3) is 6.03. The summed E-state index contributed by atoms with van der Waals surface area (Å²) in [5.41, 5.74) is -0.470. The number of ether oxygens (including phenoxy) is 1. The number of esters is 1. The molecule has 0 aliphatic carbocycles. The summed E-state index contributed by atoms with van der Waals surface area (Å²) < 4.78 is 5.19. The van der Waals surface area contributed by atoms with E-state index in [4.69, 9.17) is 4.74 Å². The predicted molar refractivity (Wildman–Crippen MR) is 70.1 cm³/mol. The van der Waals surface area contributed by atoms with Crippen LogP contribution in [-0.4, -0.2) is 35.5 Å². The molecule has 0 unspecified atom stereocenters.